The summed E-state index contributed by atoms with van der Waals surface area (Å²) in [6, 6.07) is 10.00. The molecule has 2 rings (SSSR count). The summed E-state index contributed by atoms with van der Waals surface area (Å²) in [5.74, 6) is -3.68. The normalized spacial score (nSPS) is 12.5. The molecule has 0 bridgehead atoms. The van der Waals surface area contributed by atoms with Gasteiger partial charge in [-0.2, -0.15) is 0 Å². The van der Waals surface area contributed by atoms with Crippen LogP contribution in [0.3, 0.4) is 0 Å². The number of benzene rings is 2. The average Bonchev–Trinajstić information content (AvgIpc) is 2.51. The first kappa shape index (κ1) is 19.8. The van der Waals surface area contributed by atoms with Crippen molar-refractivity contribution in [2.75, 3.05) is 0 Å². The standard InChI is InChI=1S/C21H24ClF3/c1-20(2,13-14-11-17(23)19(25)18(24)12-14)9-10-21(3,4)15-5-7-16(22)8-6-15/h5-8,11-12H,9-10,13H2,1-4H3. The Labute approximate surface area is 153 Å². The van der Waals surface area contributed by atoms with Crippen molar-refractivity contribution in [3.8, 4) is 0 Å². The van der Waals surface area contributed by atoms with Crippen LogP contribution in [0.2, 0.25) is 5.02 Å². The average molecular weight is 369 g/mol. The molecule has 0 aliphatic heterocycles. The minimum atomic E-state index is -1.41. The molecule has 0 spiro atoms. The second-order valence-corrected chi connectivity index (χ2v) is 8.54. The lowest BCUT2D eigenvalue weighted by Gasteiger charge is -2.32. The Hall–Kier alpha value is -1.48. The molecule has 0 aliphatic rings. The van der Waals surface area contributed by atoms with E-state index in [2.05, 4.69) is 27.7 Å². The van der Waals surface area contributed by atoms with E-state index >= 15 is 0 Å². The van der Waals surface area contributed by atoms with Crippen molar-refractivity contribution in [1.82, 2.24) is 0 Å². The highest BCUT2D eigenvalue weighted by molar-refractivity contribution is 6.30. The van der Waals surface area contributed by atoms with Crippen LogP contribution in [-0.2, 0) is 11.8 Å². The van der Waals surface area contributed by atoms with Gasteiger partial charge in [0.25, 0.3) is 0 Å². The van der Waals surface area contributed by atoms with E-state index in [1.165, 1.54) is 5.56 Å². The largest absolute Gasteiger partial charge is 0.204 e. The molecule has 0 heterocycles. The molecule has 0 unspecified atom stereocenters. The number of rotatable bonds is 6. The first-order chi connectivity index (χ1) is 11.5. The van der Waals surface area contributed by atoms with E-state index in [9.17, 15) is 13.2 Å². The van der Waals surface area contributed by atoms with E-state index in [-0.39, 0.29) is 10.8 Å². The van der Waals surface area contributed by atoms with Crippen molar-refractivity contribution in [2.45, 2.75) is 52.4 Å². The fourth-order valence-corrected chi connectivity index (χ4v) is 3.17. The summed E-state index contributed by atoms with van der Waals surface area (Å²) in [6.07, 6.45) is 2.26. The first-order valence-corrected chi connectivity index (χ1v) is 8.77. The van der Waals surface area contributed by atoms with Gasteiger partial charge in [0.2, 0.25) is 0 Å². The molecular formula is C21H24ClF3. The molecule has 0 aromatic heterocycles. The van der Waals surface area contributed by atoms with E-state index in [4.69, 9.17) is 11.6 Å². The van der Waals surface area contributed by atoms with Crippen LogP contribution in [0.5, 0.6) is 0 Å². The first-order valence-electron chi connectivity index (χ1n) is 8.40. The molecule has 0 N–H and O–H groups in total. The Bertz CT molecular complexity index is 710. The topological polar surface area (TPSA) is 0 Å². The number of hydrogen-bond acceptors (Lipinski definition) is 0. The zero-order valence-corrected chi connectivity index (χ0v) is 15.9. The lowest BCUT2D eigenvalue weighted by Crippen LogP contribution is -2.23. The second-order valence-electron chi connectivity index (χ2n) is 8.11. The molecule has 0 atom stereocenters. The van der Waals surface area contributed by atoms with Crippen LogP contribution >= 0.6 is 11.6 Å². The van der Waals surface area contributed by atoms with E-state index in [0.717, 1.165) is 25.0 Å². The highest BCUT2D eigenvalue weighted by Crippen LogP contribution is 2.36. The fourth-order valence-electron chi connectivity index (χ4n) is 3.05. The van der Waals surface area contributed by atoms with Gasteiger partial charge in [0, 0.05) is 5.02 Å². The maximum absolute atomic E-state index is 13.4. The Balaban J connectivity index is 2.06. The third-order valence-electron chi connectivity index (χ3n) is 4.78. The van der Waals surface area contributed by atoms with Gasteiger partial charge in [-0.05, 0) is 65.5 Å². The molecule has 2 aromatic rings. The molecule has 0 fully saturated rings. The molecule has 2 aromatic carbocycles. The molecule has 0 nitrogen and oxygen atoms in total. The van der Waals surface area contributed by atoms with Gasteiger partial charge >= 0.3 is 0 Å². The van der Waals surface area contributed by atoms with Crippen LogP contribution in [0, 0.1) is 22.9 Å². The molecule has 4 heteroatoms. The third kappa shape index (κ3) is 5.24. The predicted octanol–water partition coefficient (Wildman–Crippen LogP) is 7.08. The van der Waals surface area contributed by atoms with Gasteiger partial charge in [-0.1, -0.05) is 51.4 Å². The summed E-state index contributed by atoms with van der Waals surface area (Å²) < 4.78 is 39.9. The van der Waals surface area contributed by atoms with Crippen LogP contribution in [0.4, 0.5) is 13.2 Å². The van der Waals surface area contributed by atoms with Crippen LogP contribution in [0.25, 0.3) is 0 Å². The molecule has 136 valence electrons. The van der Waals surface area contributed by atoms with Crippen molar-refractivity contribution in [1.29, 1.82) is 0 Å². The lowest BCUT2D eigenvalue weighted by atomic mass is 9.73. The second kappa shape index (κ2) is 7.41. The summed E-state index contributed by atoms with van der Waals surface area (Å²) in [5.41, 5.74) is 1.47. The predicted molar refractivity (Wildman–Crippen MR) is 97.5 cm³/mol. The van der Waals surface area contributed by atoms with Crippen LogP contribution in [-0.4, -0.2) is 0 Å². The number of halogens is 4. The van der Waals surface area contributed by atoms with Crippen molar-refractivity contribution in [2.24, 2.45) is 5.41 Å². The molecular weight excluding hydrogens is 345 g/mol. The zero-order chi connectivity index (χ0) is 18.8. The minimum Gasteiger partial charge on any atom is -0.204 e. The van der Waals surface area contributed by atoms with Crippen molar-refractivity contribution >= 4 is 11.6 Å². The van der Waals surface area contributed by atoms with Gasteiger partial charge in [0.1, 0.15) is 0 Å². The smallest absolute Gasteiger partial charge is 0.194 e. The van der Waals surface area contributed by atoms with E-state index < -0.39 is 17.5 Å². The summed E-state index contributed by atoms with van der Waals surface area (Å²) in [4.78, 5) is 0. The molecule has 0 aliphatic carbocycles. The quantitative estimate of drug-likeness (QED) is 0.477. The minimum absolute atomic E-state index is 0.0405. The zero-order valence-electron chi connectivity index (χ0n) is 15.1. The van der Waals surface area contributed by atoms with E-state index in [0.29, 0.717) is 17.0 Å². The highest BCUT2D eigenvalue weighted by Gasteiger charge is 2.27. The highest BCUT2D eigenvalue weighted by atomic mass is 35.5. The molecule has 25 heavy (non-hydrogen) atoms. The summed E-state index contributed by atoms with van der Waals surface area (Å²) in [5, 5.41) is 0.709. The Morgan fingerprint density at radius 2 is 1.36 bits per heavy atom. The Kier molecular flexibility index (Phi) is 5.88. The summed E-state index contributed by atoms with van der Waals surface area (Å²) in [6.45, 7) is 8.46. The molecule has 0 amide bonds. The van der Waals surface area contributed by atoms with E-state index in [1.54, 1.807) is 0 Å². The van der Waals surface area contributed by atoms with E-state index in [1.807, 2.05) is 24.3 Å². The van der Waals surface area contributed by atoms with Crippen LogP contribution in [0.1, 0.15) is 51.7 Å². The van der Waals surface area contributed by atoms with Crippen molar-refractivity contribution in [3.63, 3.8) is 0 Å². The molecule has 0 radical (unpaired) electrons. The van der Waals surface area contributed by atoms with Gasteiger partial charge in [0.05, 0.1) is 0 Å². The SMILES string of the molecule is CC(C)(CCC(C)(C)c1ccc(Cl)cc1)Cc1cc(F)c(F)c(F)c1. The van der Waals surface area contributed by atoms with Gasteiger partial charge in [-0.15, -0.1) is 0 Å². The summed E-state index contributed by atoms with van der Waals surface area (Å²) in [7, 11) is 0. The Morgan fingerprint density at radius 1 is 0.840 bits per heavy atom. The van der Waals surface area contributed by atoms with Crippen LogP contribution in [0.15, 0.2) is 36.4 Å². The van der Waals surface area contributed by atoms with Gasteiger partial charge < -0.3 is 0 Å². The lowest BCUT2D eigenvalue weighted by molar-refractivity contribution is 0.284. The maximum atomic E-state index is 13.4. The van der Waals surface area contributed by atoms with Gasteiger partial charge in [-0.3, -0.25) is 0 Å². The van der Waals surface area contributed by atoms with Crippen molar-refractivity contribution in [3.05, 3.63) is 70.0 Å². The molecule has 0 saturated carbocycles. The maximum Gasteiger partial charge on any atom is 0.194 e. The third-order valence-corrected chi connectivity index (χ3v) is 5.03. The number of hydrogen-bond donors (Lipinski definition) is 0. The molecule has 0 saturated heterocycles. The fraction of sp³-hybridized carbons (Fsp3) is 0.429. The Morgan fingerprint density at radius 3 is 1.88 bits per heavy atom. The van der Waals surface area contributed by atoms with Gasteiger partial charge in [0.15, 0.2) is 17.5 Å². The van der Waals surface area contributed by atoms with Gasteiger partial charge in [-0.25, -0.2) is 13.2 Å². The summed E-state index contributed by atoms with van der Waals surface area (Å²) >= 11 is 5.95. The van der Waals surface area contributed by atoms with Crippen LogP contribution < -0.4 is 0 Å². The monoisotopic (exact) mass is 368 g/mol. The van der Waals surface area contributed by atoms with Crippen molar-refractivity contribution < 1.29 is 13.2 Å².